The Labute approximate surface area is 104 Å². The second-order valence-corrected chi connectivity index (χ2v) is 4.45. The summed E-state index contributed by atoms with van der Waals surface area (Å²) in [5.41, 5.74) is 1.11. The van der Waals surface area contributed by atoms with E-state index in [-0.39, 0.29) is 5.91 Å². The van der Waals surface area contributed by atoms with Gasteiger partial charge in [-0.3, -0.25) is 4.79 Å². The maximum atomic E-state index is 11.3. The number of carbonyl (C=O) groups excluding carboxylic acids is 1. The van der Waals surface area contributed by atoms with Gasteiger partial charge in [-0.05, 0) is 11.6 Å². The number of rotatable bonds is 3. The Morgan fingerprint density at radius 2 is 2.06 bits per heavy atom. The normalized spacial score (nSPS) is 10.6. The zero-order chi connectivity index (χ0) is 12.1. The van der Waals surface area contributed by atoms with Crippen molar-refractivity contribution in [3.63, 3.8) is 0 Å². The summed E-state index contributed by atoms with van der Waals surface area (Å²) in [5.74, 6) is -0.0955. The van der Waals surface area contributed by atoms with Crippen LogP contribution >= 0.6 is 11.3 Å². The average Bonchev–Trinajstić information content (AvgIpc) is 2.85. The number of amides is 1. The van der Waals surface area contributed by atoms with Gasteiger partial charge in [0.2, 0.25) is 0 Å². The Hall–Kier alpha value is -1.94. The molecule has 17 heavy (non-hydrogen) atoms. The Bertz CT molecular complexity index is 531. The number of benzene rings is 1. The smallest absolute Gasteiger partial charge is 0.262 e. The number of nitrogens with one attached hydrogen (secondary N) is 1. The minimum Gasteiger partial charge on any atom is -0.354 e. The number of hydrogen-bond acceptors (Lipinski definition) is 3. The van der Waals surface area contributed by atoms with Crippen LogP contribution in [0.4, 0.5) is 0 Å². The monoisotopic (exact) mass is 244 g/mol. The summed E-state index contributed by atoms with van der Waals surface area (Å²) >= 11 is 1.37. The molecule has 0 unspecified atom stereocenters. The van der Waals surface area contributed by atoms with E-state index in [0.717, 1.165) is 10.6 Å². The molecule has 2 aromatic rings. The van der Waals surface area contributed by atoms with Crippen LogP contribution in [0.3, 0.4) is 0 Å². The Kier molecular flexibility index (Phi) is 3.67. The van der Waals surface area contributed by atoms with Crippen LogP contribution in [-0.2, 0) is 0 Å². The maximum absolute atomic E-state index is 11.3. The molecule has 0 aliphatic rings. The van der Waals surface area contributed by atoms with E-state index >= 15 is 0 Å². The van der Waals surface area contributed by atoms with Crippen molar-refractivity contribution in [2.24, 2.45) is 0 Å². The van der Waals surface area contributed by atoms with Crippen LogP contribution in [0.15, 0.2) is 36.5 Å². The molecule has 1 N–H and O–H groups in total. The quantitative estimate of drug-likeness (QED) is 0.902. The highest BCUT2D eigenvalue weighted by molar-refractivity contribution is 7.14. The lowest BCUT2D eigenvalue weighted by Crippen LogP contribution is -2.16. The molecule has 0 aliphatic heterocycles. The SMILES string of the molecule is CNC(=O)c1cnc(/C=C/c2ccccc2)s1. The second-order valence-electron chi connectivity index (χ2n) is 3.39. The van der Waals surface area contributed by atoms with E-state index in [1.807, 2.05) is 42.5 Å². The topological polar surface area (TPSA) is 42.0 Å². The van der Waals surface area contributed by atoms with Crippen molar-refractivity contribution in [2.75, 3.05) is 7.05 Å². The third-order valence-electron chi connectivity index (χ3n) is 2.19. The van der Waals surface area contributed by atoms with Crippen LogP contribution in [0.2, 0.25) is 0 Å². The molecule has 3 nitrogen and oxygen atoms in total. The summed E-state index contributed by atoms with van der Waals surface area (Å²) in [7, 11) is 1.61. The minimum absolute atomic E-state index is 0.0955. The van der Waals surface area contributed by atoms with Crippen molar-refractivity contribution in [1.82, 2.24) is 10.3 Å². The molecule has 0 spiro atoms. The largest absolute Gasteiger partial charge is 0.354 e. The first-order chi connectivity index (χ1) is 8.29. The highest BCUT2D eigenvalue weighted by Crippen LogP contribution is 2.15. The lowest BCUT2D eigenvalue weighted by Gasteiger charge is -1.91. The van der Waals surface area contributed by atoms with Gasteiger partial charge in [-0.15, -0.1) is 11.3 Å². The highest BCUT2D eigenvalue weighted by Gasteiger charge is 2.06. The fraction of sp³-hybridized carbons (Fsp3) is 0.0769. The lowest BCUT2D eigenvalue weighted by atomic mass is 10.2. The highest BCUT2D eigenvalue weighted by atomic mass is 32.1. The summed E-state index contributed by atoms with van der Waals surface area (Å²) in [6, 6.07) is 9.98. The number of nitrogens with zero attached hydrogens (tertiary/aromatic N) is 1. The van der Waals surface area contributed by atoms with Gasteiger partial charge < -0.3 is 5.32 Å². The van der Waals surface area contributed by atoms with Crippen molar-refractivity contribution in [1.29, 1.82) is 0 Å². The Balaban J connectivity index is 2.12. The lowest BCUT2D eigenvalue weighted by molar-refractivity contribution is 0.0967. The zero-order valence-corrected chi connectivity index (χ0v) is 10.2. The van der Waals surface area contributed by atoms with E-state index in [1.54, 1.807) is 13.2 Å². The predicted octanol–water partition coefficient (Wildman–Crippen LogP) is 2.67. The molecule has 0 aliphatic carbocycles. The Morgan fingerprint density at radius 1 is 1.29 bits per heavy atom. The zero-order valence-electron chi connectivity index (χ0n) is 9.38. The third kappa shape index (κ3) is 3.01. The molecule has 0 saturated carbocycles. The van der Waals surface area contributed by atoms with E-state index in [1.165, 1.54) is 11.3 Å². The maximum Gasteiger partial charge on any atom is 0.262 e. The van der Waals surface area contributed by atoms with Gasteiger partial charge in [-0.2, -0.15) is 0 Å². The van der Waals surface area contributed by atoms with Gasteiger partial charge in [0.15, 0.2) is 0 Å². The fourth-order valence-electron chi connectivity index (χ4n) is 1.32. The van der Waals surface area contributed by atoms with Crippen LogP contribution in [-0.4, -0.2) is 17.9 Å². The summed E-state index contributed by atoms with van der Waals surface area (Å²) in [6.45, 7) is 0. The molecule has 1 aromatic carbocycles. The molecule has 2 rings (SSSR count). The van der Waals surface area contributed by atoms with Crippen molar-refractivity contribution in [3.05, 3.63) is 52.0 Å². The van der Waals surface area contributed by atoms with Crippen molar-refractivity contribution in [3.8, 4) is 0 Å². The standard InChI is InChI=1S/C13H12N2OS/c1-14-13(16)11-9-15-12(17-11)8-7-10-5-3-2-4-6-10/h2-9H,1H3,(H,14,16)/b8-7+. The van der Waals surface area contributed by atoms with Crippen LogP contribution in [0, 0.1) is 0 Å². The molecule has 1 aromatic heterocycles. The summed E-state index contributed by atoms with van der Waals surface area (Å²) in [4.78, 5) is 16.1. The average molecular weight is 244 g/mol. The summed E-state index contributed by atoms with van der Waals surface area (Å²) in [5, 5.41) is 3.40. The van der Waals surface area contributed by atoms with Gasteiger partial charge in [0.05, 0.1) is 6.20 Å². The Morgan fingerprint density at radius 3 is 2.76 bits per heavy atom. The van der Waals surface area contributed by atoms with E-state index in [0.29, 0.717) is 4.88 Å². The molecule has 0 radical (unpaired) electrons. The van der Waals surface area contributed by atoms with Gasteiger partial charge in [0, 0.05) is 7.05 Å². The van der Waals surface area contributed by atoms with Crippen LogP contribution < -0.4 is 5.32 Å². The van der Waals surface area contributed by atoms with Crippen LogP contribution in [0.5, 0.6) is 0 Å². The second kappa shape index (κ2) is 5.41. The third-order valence-corrected chi connectivity index (χ3v) is 3.15. The molecular weight excluding hydrogens is 232 g/mol. The molecule has 0 saturated heterocycles. The first-order valence-electron chi connectivity index (χ1n) is 5.20. The first kappa shape index (κ1) is 11.5. The first-order valence-corrected chi connectivity index (χ1v) is 6.02. The summed E-state index contributed by atoms with van der Waals surface area (Å²) in [6.07, 6.45) is 5.48. The van der Waals surface area contributed by atoms with E-state index < -0.39 is 0 Å². The molecular formula is C13H12N2OS. The van der Waals surface area contributed by atoms with Crippen molar-refractivity contribution in [2.45, 2.75) is 0 Å². The molecule has 4 heteroatoms. The van der Waals surface area contributed by atoms with Crippen LogP contribution in [0.25, 0.3) is 12.2 Å². The van der Waals surface area contributed by atoms with Crippen molar-refractivity contribution >= 4 is 29.4 Å². The number of carbonyl (C=O) groups is 1. The van der Waals surface area contributed by atoms with Gasteiger partial charge in [0.1, 0.15) is 9.88 Å². The van der Waals surface area contributed by atoms with Gasteiger partial charge in [-0.1, -0.05) is 36.4 Å². The van der Waals surface area contributed by atoms with Crippen LogP contribution in [0.1, 0.15) is 20.2 Å². The molecule has 86 valence electrons. The van der Waals surface area contributed by atoms with Gasteiger partial charge >= 0.3 is 0 Å². The summed E-state index contributed by atoms with van der Waals surface area (Å²) < 4.78 is 0. The molecule has 0 atom stereocenters. The van der Waals surface area contributed by atoms with Gasteiger partial charge in [-0.25, -0.2) is 4.98 Å². The van der Waals surface area contributed by atoms with E-state index in [2.05, 4.69) is 10.3 Å². The van der Waals surface area contributed by atoms with Crippen molar-refractivity contribution < 1.29 is 4.79 Å². The number of thiazole rings is 1. The number of hydrogen-bond donors (Lipinski definition) is 1. The minimum atomic E-state index is -0.0955. The molecule has 1 amide bonds. The van der Waals surface area contributed by atoms with E-state index in [4.69, 9.17) is 0 Å². The van der Waals surface area contributed by atoms with Gasteiger partial charge in [0.25, 0.3) is 5.91 Å². The predicted molar refractivity (Wildman–Crippen MR) is 70.9 cm³/mol. The number of aromatic nitrogens is 1. The molecule has 1 heterocycles. The fourth-order valence-corrected chi connectivity index (χ4v) is 2.09. The van der Waals surface area contributed by atoms with E-state index in [9.17, 15) is 4.79 Å². The molecule has 0 bridgehead atoms. The molecule has 0 fully saturated rings.